The second-order valence-corrected chi connectivity index (χ2v) is 6.07. The molecular formula is C16H16BrClFN. The van der Waals surface area contributed by atoms with Crippen LogP contribution in [0.2, 0.25) is 5.02 Å². The molecular weight excluding hydrogens is 341 g/mol. The number of nitrogens with one attached hydrogen (secondary N) is 1. The molecule has 2 rings (SSSR count). The van der Waals surface area contributed by atoms with Crippen molar-refractivity contribution < 1.29 is 4.39 Å². The molecule has 1 nitrogen and oxygen atoms in total. The molecule has 0 aromatic heterocycles. The van der Waals surface area contributed by atoms with E-state index >= 15 is 0 Å². The maximum absolute atomic E-state index is 13.2. The van der Waals surface area contributed by atoms with Crippen molar-refractivity contribution in [2.45, 2.75) is 19.4 Å². The maximum Gasteiger partial charge on any atom is 0.123 e. The number of hydrogen-bond acceptors (Lipinski definition) is 1. The van der Waals surface area contributed by atoms with E-state index in [2.05, 4.69) is 21.2 Å². The van der Waals surface area contributed by atoms with Gasteiger partial charge in [0, 0.05) is 15.5 Å². The van der Waals surface area contributed by atoms with E-state index in [4.69, 9.17) is 11.6 Å². The highest BCUT2D eigenvalue weighted by Crippen LogP contribution is 2.29. The van der Waals surface area contributed by atoms with Gasteiger partial charge in [0.2, 0.25) is 0 Å². The minimum atomic E-state index is -0.195. The Bertz CT molecular complexity index is 615. The van der Waals surface area contributed by atoms with Crippen molar-refractivity contribution in [1.29, 1.82) is 0 Å². The standard InChI is InChI=1S/C16H16BrClFN/c1-10-7-13(19)5-3-11(10)8-16(20-2)14-6-4-12(18)9-15(14)17/h3-7,9,16,20H,8H2,1-2H3. The lowest BCUT2D eigenvalue weighted by molar-refractivity contribution is 0.585. The van der Waals surface area contributed by atoms with Crippen LogP contribution in [0, 0.1) is 12.7 Å². The van der Waals surface area contributed by atoms with Gasteiger partial charge in [0.1, 0.15) is 5.82 Å². The highest BCUT2D eigenvalue weighted by Gasteiger charge is 2.15. The lowest BCUT2D eigenvalue weighted by atomic mass is 9.96. The molecule has 1 unspecified atom stereocenters. The van der Waals surface area contributed by atoms with Gasteiger partial charge in [-0.3, -0.25) is 0 Å². The molecule has 0 radical (unpaired) electrons. The average molecular weight is 357 g/mol. The Balaban J connectivity index is 2.28. The van der Waals surface area contributed by atoms with Crippen LogP contribution in [-0.4, -0.2) is 7.05 Å². The van der Waals surface area contributed by atoms with Gasteiger partial charge in [-0.25, -0.2) is 4.39 Å². The van der Waals surface area contributed by atoms with Crippen molar-refractivity contribution in [3.8, 4) is 0 Å². The molecule has 106 valence electrons. The Kier molecular flexibility index (Phi) is 5.19. The van der Waals surface area contributed by atoms with E-state index in [1.54, 1.807) is 6.07 Å². The van der Waals surface area contributed by atoms with Crippen LogP contribution in [-0.2, 0) is 6.42 Å². The molecule has 0 aliphatic heterocycles. The van der Waals surface area contributed by atoms with Gasteiger partial charge in [-0.05, 0) is 61.3 Å². The zero-order chi connectivity index (χ0) is 14.7. The molecule has 20 heavy (non-hydrogen) atoms. The third-order valence-corrected chi connectivity index (χ3v) is 4.34. The molecule has 0 aliphatic rings. The fraction of sp³-hybridized carbons (Fsp3) is 0.250. The summed E-state index contributed by atoms with van der Waals surface area (Å²) in [6.45, 7) is 1.93. The minimum absolute atomic E-state index is 0.144. The molecule has 0 saturated heterocycles. The Labute approximate surface area is 132 Å². The fourth-order valence-electron chi connectivity index (χ4n) is 2.26. The second kappa shape index (κ2) is 6.70. The van der Waals surface area contributed by atoms with Crippen molar-refractivity contribution in [3.63, 3.8) is 0 Å². The number of likely N-dealkylation sites (N-methyl/N-ethyl adjacent to an activating group) is 1. The zero-order valence-corrected chi connectivity index (χ0v) is 13.7. The largest absolute Gasteiger partial charge is 0.313 e. The highest BCUT2D eigenvalue weighted by molar-refractivity contribution is 9.10. The van der Waals surface area contributed by atoms with Crippen molar-refractivity contribution in [3.05, 3.63) is 68.4 Å². The molecule has 4 heteroatoms. The quantitative estimate of drug-likeness (QED) is 0.808. The molecule has 0 heterocycles. The Morgan fingerprint density at radius 1 is 1.25 bits per heavy atom. The van der Waals surface area contributed by atoms with E-state index in [0.29, 0.717) is 5.02 Å². The van der Waals surface area contributed by atoms with Gasteiger partial charge in [-0.1, -0.05) is 39.7 Å². The van der Waals surface area contributed by atoms with E-state index in [1.165, 1.54) is 6.07 Å². The topological polar surface area (TPSA) is 12.0 Å². The molecule has 0 amide bonds. The summed E-state index contributed by atoms with van der Waals surface area (Å²) in [4.78, 5) is 0. The summed E-state index contributed by atoms with van der Waals surface area (Å²) in [6.07, 6.45) is 0.794. The third kappa shape index (κ3) is 3.60. The van der Waals surface area contributed by atoms with Gasteiger partial charge in [-0.15, -0.1) is 0 Å². The summed E-state index contributed by atoms with van der Waals surface area (Å²) in [7, 11) is 1.92. The molecule has 1 atom stereocenters. The number of halogens is 3. The smallest absolute Gasteiger partial charge is 0.123 e. The molecule has 2 aromatic rings. The Morgan fingerprint density at radius 3 is 2.60 bits per heavy atom. The van der Waals surface area contributed by atoms with E-state index in [-0.39, 0.29) is 11.9 Å². The van der Waals surface area contributed by atoms with Crippen LogP contribution in [0.5, 0.6) is 0 Å². The second-order valence-electron chi connectivity index (χ2n) is 4.78. The van der Waals surface area contributed by atoms with Crippen LogP contribution in [0.4, 0.5) is 4.39 Å². The maximum atomic E-state index is 13.2. The first-order valence-corrected chi connectivity index (χ1v) is 7.55. The lowest BCUT2D eigenvalue weighted by Crippen LogP contribution is -2.19. The highest BCUT2D eigenvalue weighted by atomic mass is 79.9. The van der Waals surface area contributed by atoms with Gasteiger partial charge >= 0.3 is 0 Å². The average Bonchev–Trinajstić information content (AvgIpc) is 2.39. The first-order valence-electron chi connectivity index (χ1n) is 6.38. The number of rotatable bonds is 4. The minimum Gasteiger partial charge on any atom is -0.313 e. The van der Waals surface area contributed by atoms with Crippen molar-refractivity contribution in [2.24, 2.45) is 0 Å². The van der Waals surface area contributed by atoms with Gasteiger partial charge in [0.25, 0.3) is 0 Å². The van der Waals surface area contributed by atoms with Crippen LogP contribution in [0.1, 0.15) is 22.7 Å². The van der Waals surface area contributed by atoms with Crippen LogP contribution < -0.4 is 5.32 Å². The third-order valence-electron chi connectivity index (χ3n) is 3.42. The van der Waals surface area contributed by atoms with E-state index in [9.17, 15) is 4.39 Å². The molecule has 0 spiro atoms. The molecule has 0 aliphatic carbocycles. The van der Waals surface area contributed by atoms with Crippen molar-refractivity contribution >= 4 is 27.5 Å². The van der Waals surface area contributed by atoms with Gasteiger partial charge in [0.15, 0.2) is 0 Å². The Hall–Kier alpha value is -0.900. The predicted octanol–water partition coefficient (Wildman–Crippen LogP) is 5.05. The monoisotopic (exact) mass is 355 g/mol. The lowest BCUT2D eigenvalue weighted by Gasteiger charge is -2.19. The van der Waals surface area contributed by atoms with E-state index < -0.39 is 0 Å². The van der Waals surface area contributed by atoms with E-state index in [1.807, 2.05) is 38.2 Å². The van der Waals surface area contributed by atoms with Gasteiger partial charge in [-0.2, -0.15) is 0 Å². The SMILES string of the molecule is CNC(Cc1ccc(F)cc1C)c1ccc(Cl)cc1Br. The van der Waals surface area contributed by atoms with Crippen LogP contribution >= 0.6 is 27.5 Å². The number of benzene rings is 2. The zero-order valence-electron chi connectivity index (χ0n) is 11.4. The summed E-state index contributed by atoms with van der Waals surface area (Å²) in [6, 6.07) is 10.8. The van der Waals surface area contributed by atoms with Gasteiger partial charge in [0.05, 0.1) is 0 Å². The molecule has 0 fully saturated rings. The van der Waals surface area contributed by atoms with Crippen LogP contribution in [0.15, 0.2) is 40.9 Å². The van der Waals surface area contributed by atoms with Crippen molar-refractivity contribution in [2.75, 3.05) is 7.05 Å². The first-order chi connectivity index (χ1) is 9.51. The van der Waals surface area contributed by atoms with Crippen molar-refractivity contribution in [1.82, 2.24) is 5.32 Å². The summed E-state index contributed by atoms with van der Waals surface area (Å²) >= 11 is 9.52. The molecule has 0 bridgehead atoms. The summed E-state index contributed by atoms with van der Waals surface area (Å²) in [5.41, 5.74) is 3.24. The first kappa shape index (κ1) is 15.5. The Morgan fingerprint density at radius 2 is 2.00 bits per heavy atom. The normalized spacial score (nSPS) is 12.4. The number of hydrogen-bond donors (Lipinski definition) is 1. The predicted molar refractivity (Wildman–Crippen MR) is 85.8 cm³/mol. The van der Waals surface area contributed by atoms with Gasteiger partial charge < -0.3 is 5.32 Å². The molecule has 0 saturated carbocycles. The molecule has 2 aromatic carbocycles. The summed E-state index contributed by atoms with van der Waals surface area (Å²) < 4.78 is 14.1. The van der Waals surface area contributed by atoms with Crippen LogP contribution in [0.25, 0.3) is 0 Å². The van der Waals surface area contributed by atoms with Crippen LogP contribution in [0.3, 0.4) is 0 Å². The fourth-order valence-corrected chi connectivity index (χ4v) is 3.22. The summed E-state index contributed by atoms with van der Waals surface area (Å²) in [5, 5.41) is 4.00. The van der Waals surface area contributed by atoms with E-state index in [0.717, 1.165) is 27.6 Å². The summed E-state index contributed by atoms with van der Waals surface area (Å²) in [5.74, 6) is -0.195. The molecule has 1 N–H and O–H groups in total. The number of aryl methyl sites for hydroxylation is 1.